The minimum Gasteiger partial charge on any atom is -0.318 e. The number of amides is 1. The number of hydrogen-bond acceptors (Lipinski definition) is 6. The summed E-state index contributed by atoms with van der Waals surface area (Å²) in [4.78, 5) is 11.5. The lowest BCUT2D eigenvalue weighted by Crippen LogP contribution is -2.24. The van der Waals surface area contributed by atoms with Crippen molar-refractivity contribution in [3.63, 3.8) is 0 Å². The van der Waals surface area contributed by atoms with E-state index < -0.39 is 5.91 Å². The first-order valence-corrected chi connectivity index (χ1v) is 4.07. The minimum atomic E-state index is -0.417. The molecule has 0 saturated heterocycles. The van der Waals surface area contributed by atoms with Crippen molar-refractivity contribution in [2.75, 3.05) is 0 Å². The fourth-order valence-electron chi connectivity index (χ4n) is 0.911. The Morgan fingerprint density at radius 1 is 1.47 bits per heavy atom. The highest BCUT2D eigenvalue weighted by atomic mass is 16.2. The molecule has 0 spiro atoms. The fraction of sp³-hybridized carbons (Fsp3) is 0. The Labute approximate surface area is 84.1 Å². The second-order valence-electron chi connectivity index (χ2n) is 2.57. The molecule has 1 aliphatic rings. The maximum atomic E-state index is 11.5. The smallest absolute Gasteiger partial charge is 0.294 e. The van der Waals surface area contributed by atoms with Crippen LogP contribution >= 0.6 is 0 Å². The largest absolute Gasteiger partial charge is 0.318 e. The van der Waals surface area contributed by atoms with Gasteiger partial charge in [-0.2, -0.15) is 5.10 Å². The van der Waals surface area contributed by atoms with Gasteiger partial charge in [0.05, 0.1) is 5.70 Å². The highest BCUT2D eigenvalue weighted by Crippen LogP contribution is 1.94. The van der Waals surface area contributed by atoms with Gasteiger partial charge in [-0.15, -0.1) is 5.10 Å². The van der Waals surface area contributed by atoms with E-state index in [1.54, 1.807) is 24.6 Å². The van der Waals surface area contributed by atoms with E-state index >= 15 is 0 Å². The number of allylic oxidation sites excluding steroid dienone is 2. The van der Waals surface area contributed by atoms with E-state index in [9.17, 15) is 4.79 Å². The Bertz CT molecular complexity index is 430. The number of tetrazole rings is 1. The molecule has 0 atom stereocenters. The fourth-order valence-corrected chi connectivity index (χ4v) is 0.911. The molecule has 1 amide bonds. The number of aromatic nitrogens is 4. The van der Waals surface area contributed by atoms with E-state index in [1.807, 2.05) is 0 Å². The van der Waals surface area contributed by atoms with Crippen LogP contribution in [-0.4, -0.2) is 32.7 Å². The lowest BCUT2D eigenvalue weighted by Gasteiger charge is -2.01. The van der Waals surface area contributed by atoms with Gasteiger partial charge in [0.15, 0.2) is 0 Å². The van der Waals surface area contributed by atoms with Crippen LogP contribution in [0.3, 0.4) is 0 Å². The van der Waals surface area contributed by atoms with Crippen LogP contribution in [0.25, 0.3) is 0 Å². The van der Waals surface area contributed by atoms with Crippen LogP contribution < -0.4 is 10.7 Å². The molecule has 0 aromatic carbocycles. The van der Waals surface area contributed by atoms with Gasteiger partial charge in [0.25, 0.3) is 5.91 Å². The molecule has 0 saturated carbocycles. The van der Waals surface area contributed by atoms with E-state index in [0.717, 1.165) is 0 Å². The van der Waals surface area contributed by atoms with E-state index in [4.69, 9.17) is 0 Å². The summed E-state index contributed by atoms with van der Waals surface area (Å²) in [6, 6.07) is 0. The van der Waals surface area contributed by atoms with Gasteiger partial charge < -0.3 is 5.32 Å². The third-order valence-electron chi connectivity index (χ3n) is 1.55. The normalized spacial score (nSPS) is 14.0. The zero-order chi connectivity index (χ0) is 10.5. The van der Waals surface area contributed by atoms with Gasteiger partial charge in [0.2, 0.25) is 5.82 Å². The number of nitrogens with one attached hydrogen (secondary N) is 3. The molecule has 8 nitrogen and oxygen atoms in total. The molecule has 1 aromatic heterocycles. The molecule has 0 unspecified atom stereocenters. The minimum absolute atomic E-state index is 0.0504. The molecule has 0 bridgehead atoms. The monoisotopic (exact) mass is 205 g/mol. The number of carbonyl (C=O) groups excluding carboxylic acids is 1. The van der Waals surface area contributed by atoms with Crippen molar-refractivity contribution in [1.29, 1.82) is 0 Å². The maximum absolute atomic E-state index is 11.5. The zero-order valence-corrected chi connectivity index (χ0v) is 7.51. The predicted molar refractivity (Wildman–Crippen MR) is 50.5 cm³/mol. The SMILES string of the molecule is O=C(NC1=CNN=CC=C1)c1nnn[nH]1. The van der Waals surface area contributed by atoms with Crippen molar-refractivity contribution >= 4 is 12.1 Å². The lowest BCUT2D eigenvalue weighted by molar-refractivity contribution is 0.0957. The Hall–Kier alpha value is -2.51. The van der Waals surface area contributed by atoms with E-state index in [1.165, 1.54) is 0 Å². The standard InChI is InChI=1S/C7H7N7O/c15-7(6-11-13-14-12-6)10-5-2-1-3-8-9-4-5/h1-4,9H,(H,10,15)(H,11,12,13,14). The van der Waals surface area contributed by atoms with E-state index in [-0.39, 0.29) is 5.82 Å². The van der Waals surface area contributed by atoms with Gasteiger partial charge in [-0.1, -0.05) is 0 Å². The first-order chi connectivity index (χ1) is 7.36. The van der Waals surface area contributed by atoms with E-state index in [2.05, 4.69) is 36.5 Å². The van der Waals surface area contributed by atoms with Crippen molar-refractivity contribution in [3.05, 3.63) is 29.9 Å². The Kier molecular flexibility index (Phi) is 2.50. The highest BCUT2D eigenvalue weighted by molar-refractivity contribution is 5.91. The van der Waals surface area contributed by atoms with Gasteiger partial charge in [-0.25, -0.2) is 5.10 Å². The Morgan fingerprint density at radius 2 is 2.40 bits per heavy atom. The van der Waals surface area contributed by atoms with Gasteiger partial charge in [0, 0.05) is 12.4 Å². The van der Waals surface area contributed by atoms with Crippen LogP contribution in [0.2, 0.25) is 0 Å². The van der Waals surface area contributed by atoms with Crippen molar-refractivity contribution < 1.29 is 4.79 Å². The molecule has 0 fully saturated rings. The van der Waals surface area contributed by atoms with Gasteiger partial charge in [-0.05, 0) is 22.6 Å². The number of hydrogen-bond donors (Lipinski definition) is 3. The Morgan fingerprint density at radius 3 is 3.20 bits per heavy atom. The van der Waals surface area contributed by atoms with Crippen molar-refractivity contribution in [1.82, 2.24) is 31.4 Å². The molecule has 0 radical (unpaired) electrons. The molecule has 1 aliphatic heterocycles. The molecule has 2 heterocycles. The third kappa shape index (κ3) is 2.24. The summed E-state index contributed by atoms with van der Waals surface area (Å²) < 4.78 is 0. The second-order valence-corrected chi connectivity index (χ2v) is 2.57. The molecule has 2 rings (SSSR count). The summed E-state index contributed by atoms with van der Waals surface area (Å²) in [7, 11) is 0. The summed E-state index contributed by atoms with van der Waals surface area (Å²) >= 11 is 0. The number of aromatic amines is 1. The average molecular weight is 205 g/mol. The third-order valence-corrected chi connectivity index (χ3v) is 1.55. The van der Waals surface area contributed by atoms with Crippen molar-refractivity contribution in [2.24, 2.45) is 5.10 Å². The average Bonchev–Trinajstić information content (AvgIpc) is 2.65. The molecule has 8 heteroatoms. The zero-order valence-electron chi connectivity index (χ0n) is 7.51. The number of H-pyrrole nitrogens is 1. The van der Waals surface area contributed by atoms with Crippen LogP contribution in [-0.2, 0) is 0 Å². The molecule has 3 N–H and O–H groups in total. The first kappa shape index (κ1) is 9.06. The molecule has 76 valence electrons. The molecular weight excluding hydrogens is 198 g/mol. The Balaban J connectivity index is 2.03. The van der Waals surface area contributed by atoms with Gasteiger partial charge in [-0.3, -0.25) is 10.2 Å². The summed E-state index contributed by atoms with van der Waals surface area (Å²) in [6.07, 6.45) is 6.48. The van der Waals surface area contributed by atoms with Gasteiger partial charge in [0.1, 0.15) is 0 Å². The van der Waals surface area contributed by atoms with Crippen LogP contribution in [0.15, 0.2) is 29.2 Å². The molecule has 15 heavy (non-hydrogen) atoms. The molecular formula is C7H7N7O. The van der Waals surface area contributed by atoms with E-state index in [0.29, 0.717) is 5.70 Å². The van der Waals surface area contributed by atoms with Crippen LogP contribution in [0.4, 0.5) is 0 Å². The van der Waals surface area contributed by atoms with Crippen molar-refractivity contribution in [3.8, 4) is 0 Å². The van der Waals surface area contributed by atoms with Crippen LogP contribution in [0, 0.1) is 0 Å². The summed E-state index contributed by atoms with van der Waals surface area (Å²) in [5.41, 5.74) is 3.18. The first-order valence-electron chi connectivity index (χ1n) is 4.07. The lowest BCUT2D eigenvalue weighted by atomic mass is 10.4. The summed E-state index contributed by atoms with van der Waals surface area (Å²) in [6.45, 7) is 0. The topological polar surface area (TPSA) is 108 Å². The highest BCUT2D eigenvalue weighted by Gasteiger charge is 2.10. The quantitative estimate of drug-likeness (QED) is 0.569. The van der Waals surface area contributed by atoms with Crippen molar-refractivity contribution in [2.45, 2.75) is 0 Å². The summed E-state index contributed by atoms with van der Waals surface area (Å²) in [5.74, 6) is -0.367. The molecule has 0 aliphatic carbocycles. The molecule has 1 aromatic rings. The van der Waals surface area contributed by atoms with Crippen LogP contribution in [0.5, 0.6) is 0 Å². The van der Waals surface area contributed by atoms with Gasteiger partial charge >= 0.3 is 0 Å². The second kappa shape index (κ2) is 4.13. The maximum Gasteiger partial charge on any atom is 0.294 e. The number of hydrazone groups is 1. The number of carbonyl (C=O) groups is 1. The number of nitrogens with zero attached hydrogens (tertiary/aromatic N) is 4. The van der Waals surface area contributed by atoms with Crippen LogP contribution in [0.1, 0.15) is 10.6 Å². The predicted octanol–water partition coefficient (Wildman–Crippen LogP) is -1.08. The number of rotatable bonds is 2. The summed E-state index contributed by atoms with van der Waals surface area (Å²) in [5, 5.41) is 18.8.